The average Bonchev–Trinajstić information content (AvgIpc) is 2.50. The molecule has 22 heavy (non-hydrogen) atoms. The summed E-state index contributed by atoms with van der Waals surface area (Å²) < 4.78 is 0. The Balaban J connectivity index is 2.16. The summed E-state index contributed by atoms with van der Waals surface area (Å²) in [6, 6.07) is 4.65. The monoisotopic (exact) mass is 316 g/mol. The molecular formula is C21H32S. The van der Waals surface area contributed by atoms with Gasteiger partial charge in [-0.05, 0) is 50.2 Å². The normalized spacial score (nSPS) is 18.9. The van der Waals surface area contributed by atoms with Crippen molar-refractivity contribution in [3.8, 4) is 0 Å². The molecule has 2 rings (SSSR count). The molecule has 2 atom stereocenters. The largest absolute Gasteiger partial charge is 0.122 e. The van der Waals surface area contributed by atoms with E-state index in [-0.39, 0.29) is 0 Å². The Labute approximate surface area is 141 Å². The summed E-state index contributed by atoms with van der Waals surface area (Å²) in [5, 5.41) is 0.667. The molecule has 0 radical (unpaired) electrons. The zero-order valence-electron chi connectivity index (χ0n) is 14.8. The minimum atomic E-state index is 0.667. The van der Waals surface area contributed by atoms with Gasteiger partial charge in [-0.1, -0.05) is 62.8 Å². The van der Waals surface area contributed by atoms with Crippen molar-refractivity contribution >= 4 is 11.8 Å². The molecule has 122 valence electrons. The molecule has 1 aliphatic rings. The molecule has 1 fully saturated rings. The first kappa shape index (κ1) is 17.7. The number of hydrogen-bond acceptors (Lipinski definition) is 1. The van der Waals surface area contributed by atoms with Crippen LogP contribution in [-0.4, -0.2) is 5.25 Å². The van der Waals surface area contributed by atoms with Crippen molar-refractivity contribution in [2.45, 2.75) is 76.4 Å². The molecule has 1 aromatic rings. The van der Waals surface area contributed by atoms with Crippen molar-refractivity contribution in [2.75, 3.05) is 0 Å². The summed E-state index contributed by atoms with van der Waals surface area (Å²) in [6.45, 7) is 13.2. The molecule has 1 saturated carbocycles. The topological polar surface area (TPSA) is 0 Å². The van der Waals surface area contributed by atoms with Crippen LogP contribution in [0.15, 0.2) is 29.7 Å². The molecule has 0 spiro atoms. The number of thioether (sulfide) groups is 1. The van der Waals surface area contributed by atoms with E-state index in [1.807, 2.05) is 0 Å². The average molecular weight is 317 g/mol. The molecule has 0 unspecified atom stereocenters. The maximum atomic E-state index is 4.02. The number of benzene rings is 1. The number of aryl methyl sites for hydroxylation is 3. The highest BCUT2D eigenvalue weighted by atomic mass is 32.2. The Morgan fingerprint density at radius 2 is 1.73 bits per heavy atom. The predicted octanol–water partition coefficient (Wildman–Crippen LogP) is 6.87. The van der Waals surface area contributed by atoms with Crippen molar-refractivity contribution in [3.63, 3.8) is 0 Å². The van der Waals surface area contributed by atoms with Gasteiger partial charge in [-0.3, -0.25) is 0 Å². The van der Waals surface area contributed by atoms with Gasteiger partial charge < -0.3 is 0 Å². The Kier molecular flexibility index (Phi) is 6.62. The first-order valence-corrected chi connectivity index (χ1v) is 9.76. The third-order valence-corrected chi connectivity index (χ3v) is 7.06. The van der Waals surface area contributed by atoms with E-state index in [0.29, 0.717) is 5.25 Å². The van der Waals surface area contributed by atoms with Gasteiger partial charge in [0.2, 0.25) is 0 Å². The molecule has 0 amide bonds. The van der Waals surface area contributed by atoms with E-state index in [1.165, 1.54) is 53.7 Å². The van der Waals surface area contributed by atoms with E-state index < -0.39 is 0 Å². The van der Waals surface area contributed by atoms with Crippen LogP contribution in [0.1, 0.15) is 62.1 Å². The van der Waals surface area contributed by atoms with Crippen molar-refractivity contribution in [1.29, 1.82) is 0 Å². The van der Waals surface area contributed by atoms with Crippen LogP contribution in [0.3, 0.4) is 0 Å². The highest BCUT2D eigenvalue weighted by molar-refractivity contribution is 8.00. The maximum Gasteiger partial charge on any atom is 0.0157 e. The smallest absolute Gasteiger partial charge is 0.0157 e. The summed E-state index contributed by atoms with van der Waals surface area (Å²) in [4.78, 5) is 1.50. The first-order valence-electron chi connectivity index (χ1n) is 8.88. The fraction of sp³-hybridized carbons (Fsp3) is 0.619. The standard InChI is InChI=1S/C21H32S/c1-6-10-20(18(5)19-11-8-7-9-12-19)22-21-16(3)13-15(2)14-17(21)4/h6,13-14,18-20H,1,7-12H2,2-5H3/t18-,20-/m1/s1. The molecule has 1 aliphatic carbocycles. The summed E-state index contributed by atoms with van der Waals surface area (Å²) >= 11 is 2.11. The van der Waals surface area contributed by atoms with Crippen LogP contribution in [0.25, 0.3) is 0 Å². The third kappa shape index (κ3) is 4.41. The zero-order chi connectivity index (χ0) is 16.1. The van der Waals surface area contributed by atoms with Crippen LogP contribution < -0.4 is 0 Å². The summed E-state index contributed by atoms with van der Waals surface area (Å²) in [7, 11) is 0. The van der Waals surface area contributed by atoms with Gasteiger partial charge in [-0.2, -0.15) is 0 Å². The second-order valence-corrected chi connectivity index (χ2v) is 8.42. The Hall–Kier alpha value is -0.690. The lowest BCUT2D eigenvalue weighted by Crippen LogP contribution is -2.25. The van der Waals surface area contributed by atoms with Crippen molar-refractivity contribution in [1.82, 2.24) is 0 Å². The van der Waals surface area contributed by atoms with Gasteiger partial charge >= 0.3 is 0 Å². The SMILES string of the molecule is C=CC[C@@H](Sc1c(C)cc(C)cc1C)[C@H](C)C1CCCCC1. The van der Waals surface area contributed by atoms with Gasteiger partial charge in [0.15, 0.2) is 0 Å². The molecule has 1 aromatic carbocycles. The summed E-state index contributed by atoms with van der Waals surface area (Å²) in [5.41, 5.74) is 4.25. The zero-order valence-corrected chi connectivity index (χ0v) is 15.6. The minimum Gasteiger partial charge on any atom is -0.122 e. The highest BCUT2D eigenvalue weighted by Gasteiger charge is 2.27. The van der Waals surface area contributed by atoms with Crippen LogP contribution >= 0.6 is 11.8 Å². The Bertz CT molecular complexity index is 474. The fourth-order valence-corrected chi connectivity index (χ4v) is 5.46. The quantitative estimate of drug-likeness (QED) is 0.408. The molecular weight excluding hydrogens is 284 g/mol. The van der Waals surface area contributed by atoms with E-state index in [1.54, 1.807) is 0 Å². The first-order chi connectivity index (χ1) is 10.5. The third-order valence-electron chi connectivity index (χ3n) is 5.25. The number of hydrogen-bond donors (Lipinski definition) is 0. The lowest BCUT2D eigenvalue weighted by atomic mass is 9.79. The van der Waals surface area contributed by atoms with Crippen LogP contribution in [0.4, 0.5) is 0 Å². The van der Waals surface area contributed by atoms with E-state index in [0.717, 1.165) is 18.3 Å². The maximum absolute atomic E-state index is 4.02. The minimum absolute atomic E-state index is 0.667. The fourth-order valence-electron chi connectivity index (χ4n) is 4.00. The predicted molar refractivity (Wildman–Crippen MR) is 101 cm³/mol. The van der Waals surface area contributed by atoms with E-state index in [2.05, 4.69) is 64.2 Å². The molecule has 0 aliphatic heterocycles. The second kappa shape index (κ2) is 8.24. The molecule has 0 heterocycles. The molecule has 0 aromatic heterocycles. The van der Waals surface area contributed by atoms with Gasteiger partial charge in [-0.25, -0.2) is 0 Å². The summed E-state index contributed by atoms with van der Waals surface area (Å²) in [5.74, 6) is 1.70. The lowest BCUT2D eigenvalue weighted by Gasteiger charge is -2.33. The van der Waals surface area contributed by atoms with Gasteiger partial charge in [0.25, 0.3) is 0 Å². The molecule has 1 heteroatoms. The van der Waals surface area contributed by atoms with Crippen LogP contribution in [0.2, 0.25) is 0 Å². The van der Waals surface area contributed by atoms with E-state index >= 15 is 0 Å². The molecule has 0 saturated heterocycles. The second-order valence-electron chi connectivity index (χ2n) is 7.17. The molecule has 0 N–H and O–H groups in total. The van der Waals surface area contributed by atoms with Crippen molar-refractivity contribution in [3.05, 3.63) is 41.5 Å². The van der Waals surface area contributed by atoms with Crippen LogP contribution in [-0.2, 0) is 0 Å². The van der Waals surface area contributed by atoms with Gasteiger partial charge in [0.1, 0.15) is 0 Å². The summed E-state index contributed by atoms with van der Waals surface area (Å²) in [6.07, 6.45) is 10.4. The van der Waals surface area contributed by atoms with Crippen molar-refractivity contribution < 1.29 is 0 Å². The van der Waals surface area contributed by atoms with Crippen LogP contribution in [0.5, 0.6) is 0 Å². The van der Waals surface area contributed by atoms with Gasteiger partial charge in [0, 0.05) is 10.1 Å². The van der Waals surface area contributed by atoms with Gasteiger partial charge in [0.05, 0.1) is 0 Å². The highest BCUT2D eigenvalue weighted by Crippen LogP contribution is 2.41. The Morgan fingerprint density at radius 3 is 2.27 bits per heavy atom. The van der Waals surface area contributed by atoms with Crippen LogP contribution in [0, 0.1) is 32.6 Å². The Morgan fingerprint density at radius 1 is 1.14 bits per heavy atom. The van der Waals surface area contributed by atoms with E-state index in [9.17, 15) is 0 Å². The van der Waals surface area contributed by atoms with Crippen molar-refractivity contribution in [2.24, 2.45) is 11.8 Å². The lowest BCUT2D eigenvalue weighted by molar-refractivity contribution is 0.258. The number of rotatable bonds is 6. The van der Waals surface area contributed by atoms with E-state index in [4.69, 9.17) is 0 Å². The molecule has 0 nitrogen and oxygen atoms in total. The number of allylic oxidation sites excluding steroid dienone is 1. The molecule has 0 bridgehead atoms. The van der Waals surface area contributed by atoms with Gasteiger partial charge in [-0.15, -0.1) is 18.3 Å².